The Hall–Kier alpha value is -4.62. The van der Waals surface area contributed by atoms with Gasteiger partial charge in [-0.1, -0.05) is 60.7 Å². The largest absolute Gasteiger partial charge is 0.496 e. The molecule has 4 aromatic rings. The molecule has 1 saturated carbocycles. The van der Waals surface area contributed by atoms with E-state index in [0.717, 1.165) is 29.8 Å². The number of rotatable bonds is 9. The number of benzene rings is 3. The van der Waals surface area contributed by atoms with Gasteiger partial charge in [0.05, 0.1) is 18.9 Å². The molecule has 1 amide bonds. The van der Waals surface area contributed by atoms with Crippen molar-refractivity contribution in [3.63, 3.8) is 0 Å². The molecule has 0 unspecified atom stereocenters. The lowest BCUT2D eigenvalue weighted by Crippen LogP contribution is -2.20. The number of pyridine rings is 1. The lowest BCUT2D eigenvalue weighted by Gasteiger charge is -2.15. The van der Waals surface area contributed by atoms with Crippen LogP contribution >= 0.6 is 11.8 Å². The van der Waals surface area contributed by atoms with Gasteiger partial charge in [0.2, 0.25) is 5.91 Å². The summed E-state index contributed by atoms with van der Waals surface area (Å²) >= 11 is 1.01. The fraction of sp³-hybridized carbons (Fsp3) is 0.188. The summed E-state index contributed by atoms with van der Waals surface area (Å²) in [6.07, 6.45) is -2.41. The van der Waals surface area contributed by atoms with E-state index in [1.165, 1.54) is 13.3 Å². The molecule has 1 N–H and O–H groups in total. The number of nitrogens with zero attached hydrogens (tertiary/aromatic N) is 3. The van der Waals surface area contributed by atoms with Crippen LogP contribution in [0.15, 0.2) is 95.1 Å². The maximum Gasteiger partial charge on any atom is 0.433 e. The van der Waals surface area contributed by atoms with Gasteiger partial charge in [-0.3, -0.25) is 4.79 Å². The number of halogens is 3. The summed E-state index contributed by atoms with van der Waals surface area (Å²) in [5.74, 6) is 0.605. The Bertz CT molecular complexity index is 1650. The molecular formula is C32H25F3N4O2S. The number of aromatic nitrogens is 1. The van der Waals surface area contributed by atoms with Crippen LogP contribution in [0.2, 0.25) is 0 Å². The second-order valence-corrected chi connectivity index (χ2v) is 10.6. The summed E-state index contributed by atoms with van der Waals surface area (Å²) in [4.78, 5) is 16.3. The third-order valence-corrected chi connectivity index (χ3v) is 7.91. The lowest BCUT2D eigenvalue weighted by molar-refractivity contribution is -0.141. The van der Waals surface area contributed by atoms with Gasteiger partial charge in [0, 0.05) is 22.8 Å². The van der Waals surface area contributed by atoms with Gasteiger partial charge in [0.1, 0.15) is 22.5 Å². The molecular weight excluding hydrogens is 561 g/mol. The third kappa shape index (κ3) is 6.64. The monoisotopic (exact) mass is 586 g/mol. The van der Waals surface area contributed by atoms with Gasteiger partial charge in [-0.05, 0) is 53.3 Å². The number of ether oxygens (including phenoxy) is 1. The molecule has 42 heavy (non-hydrogen) atoms. The normalized spacial score (nSPS) is 16.2. The zero-order valence-corrected chi connectivity index (χ0v) is 23.2. The van der Waals surface area contributed by atoms with Crippen LogP contribution in [0.5, 0.6) is 5.75 Å². The molecule has 0 radical (unpaired) electrons. The predicted molar refractivity (Wildman–Crippen MR) is 155 cm³/mol. The Morgan fingerprint density at radius 2 is 1.83 bits per heavy atom. The second kappa shape index (κ2) is 12.5. The van der Waals surface area contributed by atoms with E-state index in [1.54, 1.807) is 48.5 Å². The summed E-state index contributed by atoms with van der Waals surface area (Å²) < 4.78 is 46.7. The van der Waals surface area contributed by atoms with Gasteiger partial charge in [-0.15, -0.1) is 11.8 Å². The number of thioether (sulfide) groups is 1. The van der Waals surface area contributed by atoms with Gasteiger partial charge in [-0.25, -0.2) is 10.4 Å². The molecule has 1 aliphatic carbocycles. The van der Waals surface area contributed by atoms with E-state index in [0.29, 0.717) is 22.4 Å². The predicted octanol–water partition coefficient (Wildman–Crippen LogP) is 7.19. The Kier molecular flexibility index (Phi) is 8.59. The topological polar surface area (TPSA) is 87.4 Å². The SMILES string of the molecule is COc1ccc(/C=N\NC(=O)[C@@H]2C[C@H]2c2ccccc2)cc1CSc1nc(C(F)(F)F)cc(-c2ccccc2)c1C#N. The van der Waals surface area contributed by atoms with Gasteiger partial charge in [0.15, 0.2) is 0 Å². The van der Waals surface area contributed by atoms with E-state index in [2.05, 4.69) is 15.5 Å². The van der Waals surface area contributed by atoms with Crippen molar-refractivity contribution >= 4 is 23.9 Å². The van der Waals surface area contributed by atoms with Crippen molar-refractivity contribution in [1.29, 1.82) is 5.26 Å². The van der Waals surface area contributed by atoms with Crippen molar-refractivity contribution in [2.24, 2.45) is 11.0 Å². The minimum atomic E-state index is -4.69. The van der Waals surface area contributed by atoms with Crippen molar-refractivity contribution in [3.8, 4) is 22.9 Å². The highest BCUT2D eigenvalue weighted by molar-refractivity contribution is 7.98. The van der Waals surface area contributed by atoms with E-state index in [-0.39, 0.29) is 39.6 Å². The number of alkyl halides is 3. The molecule has 1 fully saturated rings. The number of hydrogen-bond acceptors (Lipinski definition) is 6. The first-order valence-electron chi connectivity index (χ1n) is 13.0. The number of amides is 1. The van der Waals surface area contributed by atoms with E-state index in [1.807, 2.05) is 36.4 Å². The minimum absolute atomic E-state index is 0.0306. The third-order valence-electron chi connectivity index (χ3n) is 6.89. The molecule has 0 aliphatic heterocycles. The molecule has 5 rings (SSSR count). The summed E-state index contributed by atoms with van der Waals surface area (Å²) in [5.41, 5.74) is 4.69. The smallest absolute Gasteiger partial charge is 0.433 e. The van der Waals surface area contributed by atoms with Gasteiger partial charge in [-0.2, -0.15) is 23.5 Å². The van der Waals surface area contributed by atoms with Crippen LogP contribution in [-0.2, 0) is 16.7 Å². The molecule has 0 saturated heterocycles. The maximum absolute atomic E-state index is 13.8. The fourth-order valence-electron chi connectivity index (χ4n) is 4.67. The van der Waals surface area contributed by atoms with Crippen molar-refractivity contribution in [1.82, 2.24) is 10.4 Å². The van der Waals surface area contributed by atoms with Crippen molar-refractivity contribution < 1.29 is 22.7 Å². The molecule has 1 aromatic heterocycles. The van der Waals surface area contributed by atoms with Crippen LogP contribution < -0.4 is 10.2 Å². The maximum atomic E-state index is 13.8. The van der Waals surface area contributed by atoms with E-state index >= 15 is 0 Å². The summed E-state index contributed by atoms with van der Waals surface area (Å²) in [5, 5.41) is 14.0. The Morgan fingerprint density at radius 3 is 2.50 bits per heavy atom. The average molecular weight is 587 g/mol. The van der Waals surface area contributed by atoms with Gasteiger partial charge < -0.3 is 4.74 Å². The number of nitrogens with one attached hydrogen (secondary N) is 1. The van der Waals surface area contributed by atoms with Crippen LogP contribution in [0.1, 0.15) is 40.3 Å². The fourth-order valence-corrected chi connectivity index (χ4v) is 5.65. The van der Waals surface area contributed by atoms with Gasteiger partial charge >= 0.3 is 6.18 Å². The summed E-state index contributed by atoms with van der Waals surface area (Å²) in [7, 11) is 1.49. The molecule has 0 bridgehead atoms. The number of methoxy groups -OCH3 is 1. The molecule has 1 aliphatic rings. The number of hydrogen-bond donors (Lipinski definition) is 1. The number of hydrazone groups is 1. The number of carbonyl (C=O) groups excluding carboxylic acids is 1. The van der Waals surface area contributed by atoms with E-state index in [9.17, 15) is 23.2 Å². The van der Waals surface area contributed by atoms with Crippen LogP contribution in [0.25, 0.3) is 11.1 Å². The lowest BCUT2D eigenvalue weighted by atomic mass is 10.0. The zero-order chi connectivity index (χ0) is 29.7. The first-order valence-corrected chi connectivity index (χ1v) is 14.0. The van der Waals surface area contributed by atoms with Crippen LogP contribution in [0, 0.1) is 17.2 Å². The highest BCUT2D eigenvalue weighted by atomic mass is 32.2. The number of nitriles is 1. The Labute approximate surface area is 245 Å². The Morgan fingerprint density at radius 1 is 1.12 bits per heavy atom. The van der Waals surface area contributed by atoms with Gasteiger partial charge in [0.25, 0.3) is 0 Å². The summed E-state index contributed by atoms with van der Waals surface area (Å²) in [6.45, 7) is 0. The Balaban J connectivity index is 1.33. The van der Waals surface area contributed by atoms with Crippen molar-refractivity contribution in [2.45, 2.75) is 29.3 Å². The summed E-state index contributed by atoms with van der Waals surface area (Å²) in [6, 6.07) is 26.5. The molecule has 2 atom stereocenters. The molecule has 3 aromatic carbocycles. The first kappa shape index (κ1) is 28.9. The molecule has 1 heterocycles. The standard InChI is InChI=1S/C32H25F3N4O2S/c1-41-28-13-12-20(18-37-39-30(40)26-15-24(26)21-8-4-2-5-9-21)14-23(28)19-42-31-27(17-36)25(22-10-6-3-7-11-22)16-29(38-31)32(33,34)35/h2-14,16,18,24,26H,15,19H2,1H3,(H,39,40)/b37-18-/t24-,26+/m0/s1. The highest BCUT2D eigenvalue weighted by Gasteiger charge is 2.43. The number of carbonyl (C=O) groups is 1. The van der Waals surface area contributed by atoms with Crippen LogP contribution in [0.4, 0.5) is 13.2 Å². The molecule has 0 spiro atoms. The van der Waals surface area contributed by atoms with E-state index in [4.69, 9.17) is 4.74 Å². The molecule has 212 valence electrons. The minimum Gasteiger partial charge on any atom is -0.496 e. The van der Waals surface area contributed by atoms with E-state index < -0.39 is 11.9 Å². The van der Waals surface area contributed by atoms with Crippen molar-refractivity contribution in [2.75, 3.05) is 7.11 Å². The first-order chi connectivity index (χ1) is 20.3. The quantitative estimate of drug-likeness (QED) is 0.127. The average Bonchev–Trinajstić information content (AvgIpc) is 3.81. The van der Waals surface area contributed by atoms with Crippen molar-refractivity contribution in [3.05, 3.63) is 113 Å². The zero-order valence-electron chi connectivity index (χ0n) is 22.4. The van der Waals surface area contributed by atoms with Crippen LogP contribution in [-0.4, -0.2) is 24.2 Å². The second-order valence-electron chi connectivity index (χ2n) is 9.66. The molecule has 6 nitrogen and oxygen atoms in total. The highest BCUT2D eigenvalue weighted by Crippen LogP contribution is 2.47. The van der Waals surface area contributed by atoms with Crippen LogP contribution in [0.3, 0.4) is 0 Å². The molecule has 10 heteroatoms.